The fourth-order valence-electron chi connectivity index (χ4n) is 2.08. The van der Waals surface area contributed by atoms with Crippen molar-refractivity contribution in [3.05, 3.63) is 40.1 Å². The van der Waals surface area contributed by atoms with E-state index in [0.717, 1.165) is 22.9 Å². The molecular formula is C15H15ClN6OS2. The summed E-state index contributed by atoms with van der Waals surface area (Å²) in [5, 5.41) is 21.6. The Kier molecular flexibility index (Phi) is 5.67. The van der Waals surface area contributed by atoms with E-state index in [1.165, 1.54) is 23.1 Å². The quantitative estimate of drug-likeness (QED) is 0.645. The predicted molar refractivity (Wildman–Crippen MR) is 99.7 cm³/mol. The summed E-state index contributed by atoms with van der Waals surface area (Å²) < 4.78 is 1.87. The van der Waals surface area contributed by atoms with Gasteiger partial charge in [0, 0.05) is 5.02 Å². The van der Waals surface area contributed by atoms with Crippen LogP contribution in [0.25, 0.3) is 5.69 Å². The molecule has 25 heavy (non-hydrogen) atoms. The van der Waals surface area contributed by atoms with Gasteiger partial charge >= 0.3 is 0 Å². The molecule has 0 bridgehead atoms. The maximum absolute atomic E-state index is 12.1. The van der Waals surface area contributed by atoms with Gasteiger partial charge in [-0.3, -0.25) is 14.7 Å². The van der Waals surface area contributed by atoms with Gasteiger partial charge in [0.25, 0.3) is 0 Å². The number of hydrogen-bond donors (Lipinski definition) is 1. The molecule has 0 saturated carbocycles. The molecule has 10 heteroatoms. The molecule has 0 spiro atoms. The predicted octanol–water partition coefficient (Wildman–Crippen LogP) is 3.37. The minimum atomic E-state index is -0.165. The Labute approximate surface area is 157 Å². The molecule has 3 rings (SSSR count). The van der Waals surface area contributed by atoms with Crippen molar-refractivity contribution < 1.29 is 4.79 Å². The summed E-state index contributed by atoms with van der Waals surface area (Å²) in [5.74, 6) is 0.753. The second kappa shape index (κ2) is 7.94. The standard InChI is InChI=1S/C15H15ClN6OS2/c1-3-13-19-20-14(25-13)17-12(23)8-24-15-21-18-9(2)22(15)11-6-4-5-10(16)7-11/h4-7H,3,8H2,1-2H3,(H,17,20,23). The molecular weight excluding hydrogens is 380 g/mol. The summed E-state index contributed by atoms with van der Waals surface area (Å²) >= 11 is 8.74. The van der Waals surface area contributed by atoms with E-state index in [0.29, 0.717) is 15.3 Å². The van der Waals surface area contributed by atoms with Crippen LogP contribution in [0, 0.1) is 6.92 Å². The Morgan fingerprint density at radius 2 is 2.16 bits per heavy atom. The van der Waals surface area contributed by atoms with Gasteiger partial charge in [-0.1, -0.05) is 47.7 Å². The SMILES string of the molecule is CCc1nnc(NC(=O)CSc2nnc(C)n2-c2cccc(Cl)c2)s1. The molecule has 0 aliphatic carbocycles. The van der Waals surface area contributed by atoms with E-state index in [9.17, 15) is 4.79 Å². The van der Waals surface area contributed by atoms with Gasteiger partial charge in [0.2, 0.25) is 11.0 Å². The maximum Gasteiger partial charge on any atom is 0.236 e. The summed E-state index contributed by atoms with van der Waals surface area (Å²) in [7, 11) is 0. The summed E-state index contributed by atoms with van der Waals surface area (Å²) in [5.41, 5.74) is 0.856. The first-order chi connectivity index (χ1) is 12.1. The van der Waals surface area contributed by atoms with Crippen molar-refractivity contribution in [2.45, 2.75) is 25.4 Å². The third-order valence-electron chi connectivity index (χ3n) is 3.21. The highest BCUT2D eigenvalue weighted by Gasteiger charge is 2.14. The van der Waals surface area contributed by atoms with Gasteiger partial charge in [0.1, 0.15) is 10.8 Å². The highest BCUT2D eigenvalue weighted by Crippen LogP contribution is 2.24. The van der Waals surface area contributed by atoms with Crippen molar-refractivity contribution in [2.24, 2.45) is 0 Å². The van der Waals surface area contributed by atoms with E-state index in [1.807, 2.05) is 36.6 Å². The summed E-state index contributed by atoms with van der Waals surface area (Å²) in [6.07, 6.45) is 0.796. The first-order valence-corrected chi connectivity index (χ1v) is 9.68. The van der Waals surface area contributed by atoms with Crippen molar-refractivity contribution in [3.63, 3.8) is 0 Å². The Hall–Kier alpha value is -1.97. The lowest BCUT2D eigenvalue weighted by molar-refractivity contribution is -0.113. The number of hydrogen-bond acceptors (Lipinski definition) is 7. The summed E-state index contributed by atoms with van der Waals surface area (Å²) in [6.45, 7) is 3.85. The molecule has 0 atom stereocenters. The molecule has 0 aliphatic heterocycles. The number of benzene rings is 1. The van der Waals surface area contributed by atoms with Gasteiger partial charge in [0.15, 0.2) is 5.16 Å². The number of carbonyl (C=O) groups excluding carboxylic acids is 1. The second-order valence-corrected chi connectivity index (χ2v) is 7.48. The van der Waals surface area contributed by atoms with Crippen LogP contribution in [0.2, 0.25) is 5.02 Å². The van der Waals surface area contributed by atoms with Crippen LogP contribution in [0.5, 0.6) is 0 Å². The third kappa shape index (κ3) is 4.36. The van der Waals surface area contributed by atoms with Crippen molar-refractivity contribution in [2.75, 3.05) is 11.1 Å². The average molecular weight is 395 g/mol. The average Bonchev–Trinajstić information content (AvgIpc) is 3.19. The number of thioether (sulfide) groups is 1. The van der Waals surface area contributed by atoms with Gasteiger partial charge < -0.3 is 0 Å². The van der Waals surface area contributed by atoms with Gasteiger partial charge in [-0.2, -0.15) is 0 Å². The number of aryl methyl sites for hydroxylation is 2. The smallest absolute Gasteiger partial charge is 0.236 e. The lowest BCUT2D eigenvalue weighted by atomic mass is 10.3. The van der Waals surface area contributed by atoms with Gasteiger partial charge in [-0.05, 0) is 31.5 Å². The normalized spacial score (nSPS) is 10.8. The van der Waals surface area contributed by atoms with Crippen LogP contribution in [-0.4, -0.2) is 36.6 Å². The minimum absolute atomic E-state index is 0.165. The number of carbonyl (C=O) groups is 1. The zero-order valence-electron chi connectivity index (χ0n) is 13.6. The van der Waals surface area contributed by atoms with Crippen LogP contribution in [0.1, 0.15) is 17.8 Å². The van der Waals surface area contributed by atoms with Crippen LogP contribution in [0.3, 0.4) is 0 Å². The van der Waals surface area contributed by atoms with Crippen LogP contribution < -0.4 is 5.32 Å². The number of aromatic nitrogens is 5. The van der Waals surface area contributed by atoms with E-state index in [1.54, 1.807) is 6.07 Å². The molecule has 3 aromatic rings. The van der Waals surface area contributed by atoms with E-state index < -0.39 is 0 Å². The molecule has 0 saturated heterocycles. The van der Waals surface area contributed by atoms with Crippen molar-refractivity contribution in [1.29, 1.82) is 0 Å². The largest absolute Gasteiger partial charge is 0.300 e. The number of anilines is 1. The molecule has 0 fully saturated rings. The molecule has 7 nitrogen and oxygen atoms in total. The second-order valence-electron chi connectivity index (χ2n) is 5.04. The molecule has 1 aromatic carbocycles. The monoisotopic (exact) mass is 394 g/mol. The van der Waals surface area contributed by atoms with Gasteiger partial charge in [0.05, 0.1) is 11.4 Å². The highest BCUT2D eigenvalue weighted by atomic mass is 35.5. The van der Waals surface area contributed by atoms with Crippen LogP contribution in [-0.2, 0) is 11.2 Å². The van der Waals surface area contributed by atoms with Crippen LogP contribution in [0.4, 0.5) is 5.13 Å². The number of nitrogens with zero attached hydrogens (tertiary/aromatic N) is 5. The fourth-order valence-corrected chi connectivity index (χ4v) is 3.76. The Morgan fingerprint density at radius 3 is 2.88 bits per heavy atom. The van der Waals surface area contributed by atoms with Crippen molar-refractivity contribution in [3.8, 4) is 5.69 Å². The van der Waals surface area contributed by atoms with E-state index in [2.05, 4.69) is 25.7 Å². The first kappa shape index (κ1) is 17.8. The van der Waals surface area contributed by atoms with Gasteiger partial charge in [-0.15, -0.1) is 20.4 Å². The zero-order valence-corrected chi connectivity index (χ0v) is 16.0. The molecule has 0 unspecified atom stereocenters. The molecule has 130 valence electrons. The van der Waals surface area contributed by atoms with E-state index in [-0.39, 0.29) is 11.7 Å². The number of halogens is 1. The van der Waals surface area contributed by atoms with E-state index >= 15 is 0 Å². The maximum atomic E-state index is 12.1. The zero-order chi connectivity index (χ0) is 17.8. The Bertz CT molecular complexity index is 894. The molecule has 1 amide bonds. The summed E-state index contributed by atoms with van der Waals surface area (Å²) in [6, 6.07) is 7.41. The highest BCUT2D eigenvalue weighted by molar-refractivity contribution is 7.99. The molecule has 1 N–H and O–H groups in total. The summed E-state index contributed by atoms with van der Waals surface area (Å²) in [4.78, 5) is 12.1. The molecule has 2 heterocycles. The topological polar surface area (TPSA) is 85.6 Å². The molecule has 0 aliphatic rings. The lowest BCUT2D eigenvalue weighted by Gasteiger charge is -2.08. The number of nitrogens with one attached hydrogen (secondary N) is 1. The first-order valence-electron chi connectivity index (χ1n) is 7.49. The van der Waals surface area contributed by atoms with Crippen LogP contribution in [0.15, 0.2) is 29.4 Å². The van der Waals surface area contributed by atoms with Gasteiger partial charge in [-0.25, -0.2) is 0 Å². The number of amides is 1. The minimum Gasteiger partial charge on any atom is -0.300 e. The Morgan fingerprint density at radius 1 is 1.32 bits per heavy atom. The Balaban J connectivity index is 1.68. The molecule has 2 aromatic heterocycles. The van der Waals surface area contributed by atoms with Crippen molar-refractivity contribution >= 4 is 45.7 Å². The fraction of sp³-hybridized carbons (Fsp3) is 0.267. The van der Waals surface area contributed by atoms with Crippen molar-refractivity contribution in [1.82, 2.24) is 25.0 Å². The lowest BCUT2D eigenvalue weighted by Crippen LogP contribution is -2.14. The molecule has 0 radical (unpaired) electrons. The number of rotatable bonds is 6. The van der Waals surface area contributed by atoms with E-state index in [4.69, 9.17) is 11.6 Å². The third-order valence-corrected chi connectivity index (χ3v) is 5.36. The van der Waals surface area contributed by atoms with Crippen LogP contribution >= 0.6 is 34.7 Å².